The summed E-state index contributed by atoms with van der Waals surface area (Å²) in [5.74, 6) is -0.940. The number of phosphoric acid groups is 1. The minimum absolute atomic E-state index is 0.269. The zero-order valence-electron chi connectivity index (χ0n) is 14.2. The molecule has 2 rings (SSSR count). The molecule has 2 aromatic rings. The molecule has 0 spiro atoms. The summed E-state index contributed by atoms with van der Waals surface area (Å²) in [5, 5.41) is 0. The van der Waals surface area contributed by atoms with Gasteiger partial charge in [0.05, 0.1) is 13.2 Å². The molecule has 13 heteroatoms. The van der Waals surface area contributed by atoms with Crippen LogP contribution < -0.4 is 9.47 Å². The molecule has 160 valence electrons. The third kappa shape index (κ3) is 9.18. The van der Waals surface area contributed by atoms with Gasteiger partial charge < -0.3 is 14.4 Å². The summed E-state index contributed by atoms with van der Waals surface area (Å²) in [6.45, 7) is -0.892. The van der Waals surface area contributed by atoms with E-state index in [0.717, 1.165) is 24.3 Å². The Morgan fingerprint density at radius 3 is 1.28 bits per heavy atom. The summed E-state index contributed by atoms with van der Waals surface area (Å²) < 4.78 is 101. The average Bonchev–Trinajstić information content (AvgIpc) is 2.58. The van der Waals surface area contributed by atoms with Crippen LogP contribution in [-0.4, -0.2) is 17.6 Å². The van der Waals surface area contributed by atoms with Crippen LogP contribution in [0, 0.1) is 0 Å². The number of hydrogen-bond acceptors (Lipinski definition) is 5. The second-order valence-corrected chi connectivity index (χ2v) is 6.85. The van der Waals surface area contributed by atoms with Gasteiger partial charge in [0.1, 0.15) is 11.5 Å². The van der Waals surface area contributed by atoms with Gasteiger partial charge in [0.2, 0.25) is 0 Å². The Hall–Kier alpha value is -2.27. The van der Waals surface area contributed by atoms with Crippen molar-refractivity contribution in [1.29, 1.82) is 0 Å². The van der Waals surface area contributed by atoms with Crippen LogP contribution in [-0.2, 0) is 26.8 Å². The van der Waals surface area contributed by atoms with E-state index in [2.05, 4.69) is 9.47 Å². The molecular formula is C16H13F6O6P. The molecule has 0 amide bonds. The number of alkyl halides is 6. The van der Waals surface area contributed by atoms with E-state index >= 15 is 0 Å². The second kappa shape index (κ2) is 9.04. The molecule has 0 fully saturated rings. The molecule has 1 N–H and O–H groups in total. The molecule has 0 saturated carbocycles. The predicted octanol–water partition coefficient (Wildman–Crippen LogP) is 5.32. The predicted molar refractivity (Wildman–Crippen MR) is 85.7 cm³/mol. The zero-order chi connectivity index (χ0) is 21.7. The van der Waals surface area contributed by atoms with Crippen molar-refractivity contribution in [2.45, 2.75) is 25.9 Å². The maximum absolute atomic E-state index is 12.1. The smallest absolute Gasteiger partial charge is 0.406 e. The molecular weight excluding hydrogens is 433 g/mol. The van der Waals surface area contributed by atoms with E-state index in [9.17, 15) is 35.8 Å². The Bertz CT molecular complexity index is 767. The first-order valence-electron chi connectivity index (χ1n) is 7.63. The standard InChI is InChI=1S/C16H13F6O6P/c17-15(18,19)27-13-5-1-11(2-6-13)9-25-29(23,24)26-10-12-3-7-14(8-4-12)28-16(20,21)22/h1-8H,9-10H2,(H,23,24). The van der Waals surface area contributed by atoms with Crippen molar-refractivity contribution in [3.05, 3.63) is 59.7 Å². The fourth-order valence-electron chi connectivity index (χ4n) is 1.92. The number of ether oxygens (including phenoxy) is 2. The fourth-order valence-corrected chi connectivity index (χ4v) is 2.62. The maximum Gasteiger partial charge on any atom is 0.573 e. The van der Waals surface area contributed by atoms with E-state index in [1.165, 1.54) is 24.3 Å². The number of hydrogen-bond donors (Lipinski definition) is 1. The van der Waals surface area contributed by atoms with E-state index in [-0.39, 0.29) is 11.1 Å². The van der Waals surface area contributed by atoms with Gasteiger partial charge in [-0.3, -0.25) is 9.05 Å². The van der Waals surface area contributed by atoms with Crippen LogP contribution >= 0.6 is 7.82 Å². The lowest BCUT2D eigenvalue weighted by Gasteiger charge is -2.13. The number of halogens is 6. The van der Waals surface area contributed by atoms with E-state index in [1.54, 1.807) is 0 Å². The van der Waals surface area contributed by atoms with Crippen LogP contribution in [0.3, 0.4) is 0 Å². The van der Waals surface area contributed by atoms with Crippen LogP contribution in [0.4, 0.5) is 26.3 Å². The lowest BCUT2D eigenvalue weighted by Crippen LogP contribution is -2.17. The first-order chi connectivity index (χ1) is 13.3. The Morgan fingerprint density at radius 1 is 0.690 bits per heavy atom. The Kier molecular flexibility index (Phi) is 7.17. The molecule has 29 heavy (non-hydrogen) atoms. The molecule has 2 aromatic carbocycles. The molecule has 0 aliphatic heterocycles. The van der Waals surface area contributed by atoms with Gasteiger partial charge in [0.25, 0.3) is 0 Å². The lowest BCUT2D eigenvalue weighted by atomic mass is 10.2. The van der Waals surface area contributed by atoms with Crippen molar-refractivity contribution in [3.63, 3.8) is 0 Å². The van der Waals surface area contributed by atoms with Crippen LogP contribution in [0.1, 0.15) is 11.1 Å². The molecule has 0 unspecified atom stereocenters. The molecule has 0 atom stereocenters. The largest absolute Gasteiger partial charge is 0.573 e. The normalized spacial score (nSPS) is 12.7. The summed E-state index contributed by atoms with van der Waals surface area (Å²) in [5.41, 5.74) is 0.539. The molecule has 0 aliphatic carbocycles. The van der Waals surface area contributed by atoms with Gasteiger partial charge in [-0.1, -0.05) is 24.3 Å². The van der Waals surface area contributed by atoms with Crippen LogP contribution in [0.2, 0.25) is 0 Å². The third-order valence-electron chi connectivity index (χ3n) is 3.10. The first kappa shape index (κ1) is 23.0. The van der Waals surface area contributed by atoms with Crippen molar-refractivity contribution in [2.75, 3.05) is 0 Å². The van der Waals surface area contributed by atoms with Crippen LogP contribution in [0.15, 0.2) is 48.5 Å². The summed E-state index contributed by atoms with van der Waals surface area (Å²) in [6, 6.07) is 8.78. The van der Waals surface area contributed by atoms with Crippen molar-refractivity contribution in [3.8, 4) is 11.5 Å². The van der Waals surface area contributed by atoms with Gasteiger partial charge >= 0.3 is 20.5 Å². The van der Waals surface area contributed by atoms with E-state index in [1.807, 2.05) is 0 Å². The van der Waals surface area contributed by atoms with Crippen molar-refractivity contribution >= 4 is 7.82 Å². The topological polar surface area (TPSA) is 74.2 Å². The highest BCUT2D eigenvalue weighted by atomic mass is 31.2. The van der Waals surface area contributed by atoms with E-state index < -0.39 is 45.3 Å². The van der Waals surface area contributed by atoms with E-state index in [0.29, 0.717) is 0 Å². The Morgan fingerprint density at radius 2 is 1.00 bits per heavy atom. The fraction of sp³-hybridized carbons (Fsp3) is 0.250. The van der Waals surface area contributed by atoms with Gasteiger partial charge in [0, 0.05) is 0 Å². The van der Waals surface area contributed by atoms with Gasteiger partial charge in [0.15, 0.2) is 0 Å². The third-order valence-corrected chi connectivity index (χ3v) is 4.01. The Balaban J connectivity index is 1.83. The first-order valence-corrected chi connectivity index (χ1v) is 9.12. The monoisotopic (exact) mass is 446 g/mol. The highest BCUT2D eigenvalue weighted by Crippen LogP contribution is 2.45. The SMILES string of the molecule is O=P(O)(OCc1ccc(OC(F)(F)F)cc1)OCc1ccc(OC(F)(F)F)cc1. The van der Waals surface area contributed by atoms with Gasteiger partial charge in [-0.2, -0.15) is 0 Å². The lowest BCUT2D eigenvalue weighted by molar-refractivity contribution is -0.275. The minimum atomic E-state index is -4.84. The van der Waals surface area contributed by atoms with Crippen LogP contribution in [0.5, 0.6) is 11.5 Å². The maximum atomic E-state index is 12.1. The van der Waals surface area contributed by atoms with Gasteiger partial charge in [-0.25, -0.2) is 4.57 Å². The second-order valence-electron chi connectivity index (χ2n) is 5.40. The van der Waals surface area contributed by atoms with Crippen molar-refractivity contribution in [2.24, 2.45) is 0 Å². The van der Waals surface area contributed by atoms with E-state index in [4.69, 9.17) is 9.05 Å². The van der Waals surface area contributed by atoms with Gasteiger partial charge in [-0.05, 0) is 35.4 Å². The molecule has 0 bridgehead atoms. The quantitative estimate of drug-likeness (QED) is 0.437. The number of benzene rings is 2. The molecule has 0 aromatic heterocycles. The van der Waals surface area contributed by atoms with Crippen LogP contribution in [0.25, 0.3) is 0 Å². The van der Waals surface area contributed by atoms with Crippen molar-refractivity contribution in [1.82, 2.24) is 0 Å². The minimum Gasteiger partial charge on any atom is -0.406 e. The number of phosphoric ester groups is 1. The summed E-state index contributed by atoms with van der Waals surface area (Å²) in [7, 11) is -4.54. The molecule has 6 nitrogen and oxygen atoms in total. The molecule has 0 heterocycles. The van der Waals surface area contributed by atoms with Gasteiger partial charge in [-0.15, -0.1) is 26.3 Å². The number of rotatable bonds is 8. The Labute approximate surface area is 160 Å². The highest BCUT2D eigenvalue weighted by molar-refractivity contribution is 7.47. The highest BCUT2D eigenvalue weighted by Gasteiger charge is 2.31. The summed E-state index contributed by atoms with van der Waals surface area (Å²) >= 11 is 0. The summed E-state index contributed by atoms with van der Waals surface area (Å²) in [6.07, 6.45) is -9.69. The molecule has 0 saturated heterocycles. The molecule has 0 aliphatic rings. The van der Waals surface area contributed by atoms with Crippen molar-refractivity contribution < 1.29 is 54.3 Å². The average molecular weight is 446 g/mol. The summed E-state index contributed by atoms with van der Waals surface area (Å²) in [4.78, 5) is 9.62. The molecule has 0 radical (unpaired) electrons. The zero-order valence-corrected chi connectivity index (χ0v) is 15.1.